The molecule has 0 unspecified atom stereocenters. The highest BCUT2D eigenvalue weighted by Crippen LogP contribution is 2.12. The van der Waals surface area contributed by atoms with Crippen molar-refractivity contribution in [3.05, 3.63) is 35.9 Å². The molecule has 0 aromatic heterocycles. The second kappa shape index (κ2) is 1.97. The smallest absolute Gasteiger partial charge is 0.141 e. The standard InChI is InChI=1S/C7H9NO/c1-5-3-4-8-6(2)7(5)9/h3-4,8-9H,1H2,2H3. The third-order valence-electron chi connectivity index (χ3n) is 1.24. The molecule has 0 aromatic rings. The molecule has 1 heterocycles. The van der Waals surface area contributed by atoms with Crippen molar-refractivity contribution in [2.75, 3.05) is 0 Å². The minimum Gasteiger partial charge on any atom is -0.506 e. The van der Waals surface area contributed by atoms with Crippen LogP contribution in [-0.2, 0) is 0 Å². The topological polar surface area (TPSA) is 32.3 Å². The van der Waals surface area contributed by atoms with Crippen molar-refractivity contribution in [3.8, 4) is 0 Å². The Balaban J connectivity index is 2.92. The fraction of sp³-hybridized carbons (Fsp3) is 0.143. The van der Waals surface area contributed by atoms with E-state index in [1.54, 1.807) is 19.2 Å². The third kappa shape index (κ3) is 0.964. The van der Waals surface area contributed by atoms with E-state index in [1.165, 1.54) is 0 Å². The number of aliphatic hydroxyl groups is 1. The molecule has 0 atom stereocenters. The molecule has 0 amide bonds. The van der Waals surface area contributed by atoms with Gasteiger partial charge in [-0.1, -0.05) is 6.58 Å². The predicted molar refractivity (Wildman–Crippen MR) is 36.7 cm³/mol. The van der Waals surface area contributed by atoms with Gasteiger partial charge in [-0.15, -0.1) is 0 Å². The van der Waals surface area contributed by atoms with Crippen LogP contribution in [0.3, 0.4) is 0 Å². The van der Waals surface area contributed by atoms with Crippen LogP contribution in [0.2, 0.25) is 0 Å². The number of aliphatic hydroxyl groups excluding tert-OH is 1. The summed E-state index contributed by atoms with van der Waals surface area (Å²) in [6.07, 6.45) is 3.47. The largest absolute Gasteiger partial charge is 0.506 e. The highest BCUT2D eigenvalue weighted by molar-refractivity contribution is 5.38. The Morgan fingerprint density at radius 1 is 1.67 bits per heavy atom. The Hall–Kier alpha value is -1.18. The molecule has 2 N–H and O–H groups in total. The van der Waals surface area contributed by atoms with Gasteiger partial charge in [-0.3, -0.25) is 0 Å². The number of allylic oxidation sites excluding steroid dienone is 2. The van der Waals surface area contributed by atoms with Gasteiger partial charge in [0.15, 0.2) is 0 Å². The fourth-order valence-corrected chi connectivity index (χ4v) is 0.655. The average molecular weight is 123 g/mol. The zero-order chi connectivity index (χ0) is 6.85. The number of dihydropyridines is 1. The van der Waals surface area contributed by atoms with Crippen LogP contribution in [0.25, 0.3) is 0 Å². The lowest BCUT2D eigenvalue weighted by Gasteiger charge is -2.10. The first-order valence-electron chi connectivity index (χ1n) is 2.74. The van der Waals surface area contributed by atoms with Crippen LogP contribution in [0.5, 0.6) is 0 Å². The molecule has 0 saturated carbocycles. The van der Waals surface area contributed by atoms with E-state index in [0.717, 1.165) is 5.70 Å². The molecule has 0 bridgehead atoms. The van der Waals surface area contributed by atoms with Crippen LogP contribution in [0, 0.1) is 0 Å². The van der Waals surface area contributed by atoms with Gasteiger partial charge < -0.3 is 10.4 Å². The third-order valence-corrected chi connectivity index (χ3v) is 1.24. The van der Waals surface area contributed by atoms with Gasteiger partial charge >= 0.3 is 0 Å². The van der Waals surface area contributed by atoms with Crippen molar-refractivity contribution < 1.29 is 5.11 Å². The lowest BCUT2D eigenvalue weighted by Crippen LogP contribution is -2.09. The summed E-state index contributed by atoms with van der Waals surface area (Å²) in [5.41, 5.74) is 1.41. The zero-order valence-electron chi connectivity index (χ0n) is 5.31. The van der Waals surface area contributed by atoms with Crippen molar-refractivity contribution in [1.82, 2.24) is 5.32 Å². The molecule has 9 heavy (non-hydrogen) atoms. The van der Waals surface area contributed by atoms with Gasteiger partial charge in [-0.2, -0.15) is 0 Å². The van der Waals surface area contributed by atoms with Crippen molar-refractivity contribution in [1.29, 1.82) is 0 Å². The summed E-state index contributed by atoms with van der Waals surface area (Å²) in [5, 5.41) is 12.0. The Morgan fingerprint density at radius 2 is 2.33 bits per heavy atom. The quantitative estimate of drug-likeness (QED) is 0.511. The number of rotatable bonds is 0. The molecular formula is C7H9NO. The van der Waals surface area contributed by atoms with Crippen molar-refractivity contribution in [2.24, 2.45) is 0 Å². The molecule has 48 valence electrons. The summed E-state index contributed by atoms with van der Waals surface area (Å²) >= 11 is 0. The average Bonchev–Trinajstić information content (AvgIpc) is 1.83. The predicted octanol–water partition coefficient (Wildman–Crippen LogP) is 1.45. The minimum atomic E-state index is 0.248. The SMILES string of the molecule is C=C1C=CNC(C)=C1O. The monoisotopic (exact) mass is 123 g/mol. The molecule has 2 heteroatoms. The molecule has 1 aliphatic heterocycles. The lowest BCUT2D eigenvalue weighted by molar-refractivity contribution is 0.414. The Labute approximate surface area is 54.2 Å². The maximum absolute atomic E-state index is 9.11. The Morgan fingerprint density at radius 3 is 2.78 bits per heavy atom. The number of hydrogen-bond acceptors (Lipinski definition) is 2. The van der Waals surface area contributed by atoms with Crippen molar-refractivity contribution >= 4 is 0 Å². The second-order valence-electron chi connectivity index (χ2n) is 1.98. The van der Waals surface area contributed by atoms with E-state index in [-0.39, 0.29) is 5.76 Å². The van der Waals surface area contributed by atoms with Gasteiger partial charge in [0.05, 0.1) is 5.70 Å². The second-order valence-corrected chi connectivity index (χ2v) is 1.98. The van der Waals surface area contributed by atoms with E-state index < -0.39 is 0 Å². The summed E-state index contributed by atoms with van der Waals surface area (Å²) in [5.74, 6) is 0.248. The molecule has 0 fully saturated rings. The highest BCUT2D eigenvalue weighted by atomic mass is 16.3. The summed E-state index contributed by atoms with van der Waals surface area (Å²) in [6, 6.07) is 0. The number of hydrogen-bond donors (Lipinski definition) is 2. The molecule has 2 nitrogen and oxygen atoms in total. The van der Waals surface area contributed by atoms with Gasteiger partial charge in [-0.05, 0) is 13.0 Å². The minimum absolute atomic E-state index is 0.248. The van der Waals surface area contributed by atoms with Crippen LogP contribution in [0.4, 0.5) is 0 Å². The van der Waals surface area contributed by atoms with Crippen molar-refractivity contribution in [2.45, 2.75) is 6.92 Å². The normalized spacial score (nSPS) is 18.1. The molecule has 0 aliphatic carbocycles. The molecular weight excluding hydrogens is 114 g/mol. The van der Waals surface area contributed by atoms with Crippen LogP contribution in [0.1, 0.15) is 6.92 Å². The fourth-order valence-electron chi connectivity index (χ4n) is 0.655. The van der Waals surface area contributed by atoms with Gasteiger partial charge in [0.25, 0.3) is 0 Å². The Kier molecular flexibility index (Phi) is 1.30. The van der Waals surface area contributed by atoms with Crippen LogP contribution >= 0.6 is 0 Å². The van der Waals surface area contributed by atoms with Crippen LogP contribution in [-0.4, -0.2) is 5.11 Å². The summed E-state index contributed by atoms with van der Waals surface area (Å²) in [4.78, 5) is 0. The van der Waals surface area contributed by atoms with E-state index >= 15 is 0 Å². The Bertz CT molecular complexity index is 201. The van der Waals surface area contributed by atoms with Gasteiger partial charge in [0.1, 0.15) is 5.76 Å². The molecule has 0 spiro atoms. The van der Waals surface area contributed by atoms with E-state index in [1.807, 2.05) is 0 Å². The van der Waals surface area contributed by atoms with Gasteiger partial charge in [0, 0.05) is 11.8 Å². The first kappa shape index (κ1) is 5.95. The summed E-state index contributed by atoms with van der Waals surface area (Å²) in [7, 11) is 0. The summed E-state index contributed by atoms with van der Waals surface area (Å²) in [6.45, 7) is 5.41. The number of nitrogens with one attached hydrogen (secondary N) is 1. The van der Waals surface area contributed by atoms with E-state index in [0.29, 0.717) is 5.57 Å². The van der Waals surface area contributed by atoms with E-state index in [4.69, 9.17) is 5.11 Å². The maximum Gasteiger partial charge on any atom is 0.141 e. The van der Waals surface area contributed by atoms with E-state index in [2.05, 4.69) is 11.9 Å². The molecule has 0 radical (unpaired) electrons. The van der Waals surface area contributed by atoms with Crippen LogP contribution in [0.15, 0.2) is 35.9 Å². The zero-order valence-corrected chi connectivity index (χ0v) is 5.31. The molecule has 1 aliphatic rings. The van der Waals surface area contributed by atoms with Gasteiger partial charge in [-0.25, -0.2) is 0 Å². The van der Waals surface area contributed by atoms with E-state index in [9.17, 15) is 0 Å². The lowest BCUT2D eigenvalue weighted by atomic mass is 10.2. The first-order chi connectivity index (χ1) is 4.22. The van der Waals surface area contributed by atoms with Gasteiger partial charge in [0.2, 0.25) is 0 Å². The van der Waals surface area contributed by atoms with Crippen LogP contribution < -0.4 is 5.32 Å². The highest BCUT2D eigenvalue weighted by Gasteiger charge is 2.04. The maximum atomic E-state index is 9.11. The first-order valence-corrected chi connectivity index (χ1v) is 2.74. The summed E-state index contributed by atoms with van der Waals surface area (Å²) < 4.78 is 0. The molecule has 0 aromatic carbocycles. The van der Waals surface area contributed by atoms with Crippen molar-refractivity contribution in [3.63, 3.8) is 0 Å². The molecule has 0 saturated heterocycles. The molecule has 1 rings (SSSR count).